The van der Waals surface area contributed by atoms with Crippen LogP contribution in [-0.4, -0.2) is 20.4 Å². The number of aromatic nitrogens is 2. The minimum atomic E-state index is 0.205. The van der Waals surface area contributed by atoms with E-state index in [0.29, 0.717) is 6.42 Å². The Hall–Kier alpha value is -2.04. The van der Waals surface area contributed by atoms with E-state index in [1.807, 2.05) is 29.7 Å². The zero-order valence-electron chi connectivity index (χ0n) is 8.38. The van der Waals surface area contributed by atoms with E-state index in [2.05, 4.69) is 10.1 Å². The molecule has 0 fully saturated rings. The quantitative estimate of drug-likeness (QED) is 0.331. The number of pyridine rings is 1. The molecular weight excluding hydrogens is 192 g/mol. The lowest BCUT2D eigenvalue weighted by molar-refractivity contribution is 0.317. The van der Waals surface area contributed by atoms with E-state index in [-0.39, 0.29) is 5.84 Å². The summed E-state index contributed by atoms with van der Waals surface area (Å²) < 4.78 is 1.94. The number of fused-ring (bicyclic) bond motifs is 1. The van der Waals surface area contributed by atoms with Crippen LogP contribution in [-0.2, 0) is 6.42 Å². The molecule has 0 spiro atoms. The van der Waals surface area contributed by atoms with Gasteiger partial charge in [0.25, 0.3) is 0 Å². The molecule has 0 aliphatic heterocycles. The van der Waals surface area contributed by atoms with Gasteiger partial charge in [-0.05, 0) is 24.6 Å². The van der Waals surface area contributed by atoms with Crippen molar-refractivity contribution in [2.75, 3.05) is 0 Å². The van der Waals surface area contributed by atoms with Crippen LogP contribution in [0.4, 0.5) is 0 Å². The number of imidazole rings is 1. The molecule has 0 atom stereocenters. The Labute approximate surface area is 86.8 Å². The van der Waals surface area contributed by atoms with E-state index in [0.717, 1.165) is 16.8 Å². The second-order valence-electron chi connectivity index (χ2n) is 3.43. The fourth-order valence-electron chi connectivity index (χ4n) is 1.52. The molecule has 0 bridgehead atoms. The van der Waals surface area contributed by atoms with E-state index in [1.165, 1.54) is 0 Å². The van der Waals surface area contributed by atoms with E-state index in [4.69, 9.17) is 10.9 Å². The van der Waals surface area contributed by atoms with Crippen LogP contribution < -0.4 is 5.73 Å². The van der Waals surface area contributed by atoms with Crippen LogP contribution in [0.5, 0.6) is 0 Å². The van der Waals surface area contributed by atoms with Gasteiger partial charge in [0.1, 0.15) is 5.84 Å². The summed E-state index contributed by atoms with van der Waals surface area (Å²) in [6.45, 7) is 1.95. The largest absolute Gasteiger partial charge is 0.409 e. The van der Waals surface area contributed by atoms with Crippen molar-refractivity contribution in [2.45, 2.75) is 13.3 Å². The molecular formula is C10H12N4O. The van der Waals surface area contributed by atoms with Gasteiger partial charge in [-0.3, -0.25) is 0 Å². The Balaban J connectivity index is 2.41. The Bertz CT molecular complexity index is 515. The summed E-state index contributed by atoms with van der Waals surface area (Å²) in [4.78, 5) is 4.19. The number of hydrogen-bond acceptors (Lipinski definition) is 3. The summed E-state index contributed by atoms with van der Waals surface area (Å²) in [6, 6.07) is 3.91. The van der Waals surface area contributed by atoms with Crippen molar-refractivity contribution in [1.29, 1.82) is 0 Å². The van der Waals surface area contributed by atoms with Gasteiger partial charge in [-0.25, -0.2) is 4.98 Å². The molecule has 15 heavy (non-hydrogen) atoms. The van der Waals surface area contributed by atoms with E-state index >= 15 is 0 Å². The summed E-state index contributed by atoms with van der Waals surface area (Å²) in [5.41, 5.74) is 8.45. The molecule has 3 N–H and O–H groups in total. The Kier molecular flexibility index (Phi) is 2.29. The maximum absolute atomic E-state index is 8.47. The van der Waals surface area contributed by atoms with Gasteiger partial charge in [0.2, 0.25) is 0 Å². The van der Waals surface area contributed by atoms with Crippen molar-refractivity contribution in [2.24, 2.45) is 10.9 Å². The first-order valence-electron chi connectivity index (χ1n) is 4.59. The highest BCUT2D eigenvalue weighted by Gasteiger charge is 2.02. The third-order valence-corrected chi connectivity index (χ3v) is 2.31. The number of hydrogen-bond donors (Lipinski definition) is 2. The standard InChI is InChI=1S/C10H12N4O/c1-7-9-4-8(5-10(11)13-15)2-3-14(9)6-12-7/h2-4,6,15H,5H2,1H3,(H2,11,13). The fraction of sp³-hybridized carbons (Fsp3) is 0.200. The Morgan fingerprint density at radius 3 is 3.20 bits per heavy atom. The second-order valence-corrected chi connectivity index (χ2v) is 3.43. The van der Waals surface area contributed by atoms with Gasteiger partial charge in [0, 0.05) is 12.6 Å². The topological polar surface area (TPSA) is 75.9 Å². The predicted molar refractivity (Wildman–Crippen MR) is 57.0 cm³/mol. The average Bonchev–Trinajstić information content (AvgIpc) is 2.60. The third kappa shape index (κ3) is 1.76. The minimum absolute atomic E-state index is 0.205. The van der Waals surface area contributed by atoms with Gasteiger partial charge in [0.15, 0.2) is 0 Å². The van der Waals surface area contributed by atoms with Gasteiger partial charge < -0.3 is 15.3 Å². The van der Waals surface area contributed by atoms with Crippen LogP contribution >= 0.6 is 0 Å². The van der Waals surface area contributed by atoms with Gasteiger partial charge in [-0.1, -0.05) is 5.16 Å². The molecule has 0 aliphatic rings. The molecule has 0 unspecified atom stereocenters. The maximum atomic E-state index is 8.47. The smallest absolute Gasteiger partial charge is 0.143 e. The summed E-state index contributed by atoms with van der Waals surface area (Å²) >= 11 is 0. The molecule has 0 saturated carbocycles. The molecule has 2 rings (SSSR count). The first-order valence-corrected chi connectivity index (χ1v) is 4.59. The Morgan fingerprint density at radius 2 is 2.47 bits per heavy atom. The minimum Gasteiger partial charge on any atom is -0.409 e. The van der Waals surface area contributed by atoms with Gasteiger partial charge in [-0.2, -0.15) is 0 Å². The van der Waals surface area contributed by atoms with Crippen molar-refractivity contribution >= 4 is 11.4 Å². The van der Waals surface area contributed by atoms with Crippen LogP contribution in [0.25, 0.3) is 5.52 Å². The summed E-state index contributed by atoms with van der Waals surface area (Å²) in [5.74, 6) is 0.205. The predicted octanol–water partition coefficient (Wildman–Crippen LogP) is 0.932. The maximum Gasteiger partial charge on any atom is 0.143 e. The molecule has 2 aromatic heterocycles. The average molecular weight is 204 g/mol. The molecule has 0 saturated heterocycles. The zero-order valence-corrected chi connectivity index (χ0v) is 8.38. The number of amidine groups is 1. The monoisotopic (exact) mass is 204 g/mol. The summed E-state index contributed by atoms with van der Waals surface area (Å²) in [7, 11) is 0. The lowest BCUT2D eigenvalue weighted by atomic mass is 10.1. The molecule has 0 aromatic carbocycles. The number of rotatable bonds is 2. The van der Waals surface area contributed by atoms with Crippen molar-refractivity contribution in [3.8, 4) is 0 Å². The van der Waals surface area contributed by atoms with Gasteiger partial charge in [-0.15, -0.1) is 0 Å². The second kappa shape index (κ2) is 3.61. The van der Waals surface area contributed by atoms with Crippen LogP contribution in [0, 0.1) is 6.92 Å². The third-order valence-electron chi connectivity index (χ3n) is 2.31. The van der Waals surface area contributed by atoms with Crippen LogP contribution in [0.3, 0.4) is 0 Å². The Morgan fingerprint density at radius 1 is 1.67 bits per heavy atom. The molecule has 78 valence electrons. The SMILES string of the molecule is Cc1ncn2ccc(C/C(N)=N/O)cc12. The highest BCUT2D eigenvalue weighted by atomic mass is 16.4. The van der Waals surface area contributed by atoms with Crippen LogP contribution in [0.2, 0.25) is 0 Å². The lowest BCUT2D eigenvalue weighted by Gasteiger charge is -2.01. The highest BCUT2D eigenvalue weighted by Crippen LogP contribution is 2.11. The van der Waals surface area contributed by atoms with Gasteiger partial charge in [0.05, 0.1) is 17.5 Å². The summed E-state index contributed by atoms with van der Waals surface area (Å²) in [5, 5.41) is 11.4. The number of oxime groups is 1. The number of nitrogens with zero attached hydrogens (tertiary/aromatic N) is 3. The van der Waals surface area contributed by atoms with Crippen molar-refractivity contribution < 1.29 is 5.21 Å². The molecule has 5 nitrogen and oxygen atoms in total. The lowest BCUT2D eigenvalue weighted by Crippen LogP contribution is -2.14. The molecule has 5 heteroatoms. The highest BCUT2D eigenvalue weighted by molar-refractivity contribution is 5.82. The van der Waals surface area contributed by atoms with Crippen molar-refractivity contribution in [3.05, 3.63) is 35.9 Å². The van der Waals surface area contributed by atoms with Crippen LogP contribution in [0.15, 0.2) is 29.8 Å². The number of aryl methyl sites for hydroxylation is 1. The van der Waals surface area contributed by atoms with E-state index in [9.17, 15) is 0 Å². The van der Waals surface area contributed by atoms with Crippen LogP contribution in [0.1, 0.15) is 11.3 Å². The van der Waals surface area contributed by atoms with Crippen molar-refractivity contribution in [1.82, 2.24) is 9.38 Å². The molecule has 0 amide bonds. The van der Waals surface area contributed by atoms with E-state index < -0.39 is 0 Å². The van der Waals surface area contributed by atoms with Crippen molar-refractivity contribution in [3.63, 3.8) is 0 Å². The normalized spacial score (nSPS) is 12.2. The summed E-state index contributed by atoms with van der Waals surface area (Å²) in [6.07, 6.45) is 4.12. The first kappa shape index (κ1) is 9.51. The molecule has 0 radical (unpaired) electrons. The fourth-order valence-corrected chi connectivity index (χ4v) is 1.52. The van der Waals surface area contributed by atoms with Gasteiger partial charge >= 0.3 is 0 Å². The zero-order chi connectivity index (χ0) is 10.8. The molecule has 2 heterocycles. The first-order chi connectivity index (χ1) is 7.20. The number of nitrogens with two attached hydrogens (primary N) is 1. The van der Waals surface area contributed by atoms with E-state index in [1.54, 1.807) is 6.33 Å². The molecule has 2 aromatic rings. The molecule has 0 aliphatic carbocycles.